The van der Waals surface area contributed by atoms with Gasteiger partial charge in [-0.3, -0.25) is 0 Å². The minimum Gasteiger partial charge on any atom is -1.00 e. The Morgan fingerprint density at radius 3 is 2.52 bits per heavy atom. The van der Waals surface area contributed by atoms with E-state index in [1.165, 1.54) is 11.1 Å². The quantitative estimate of drug-likeness (QED) is 0.688. The standard InChI is InChI=1S/C17H21NO2.ClH/c1-14-5-7-15(8-6-14)13-20-17-4-2-3-16(11-17)12-18-9-10-19;/h2-8,11,18-19H,9-10,12-13H2,1H3;1H/p-1. The second kappa shape index (κ2) is 9.40. The molecule has 0 aliphatic heterocycles. The van der Waals surface area contributed by atoms with Gasteiger partial charge in [0.15, 0.2) is 0 Å². The molecule has 0 radical (unpaired) electrons. The first-order valence-corrected chi connectivity index (χ1v) is 6.87. The van der Waals surface area contributed by atoms with Crippen LogP contribution in [0.4, 0.5) is 0 Å². The zero-order valence-electron chi connectivity index (χ0n) is 12.2. The van der Waals surface area contributed by atoms with E-state index in [-0.39, 0.29) is 19.0 Å². The number of aliphatic hydroxyl groups excluding tert-OH is 1. The molecular formula is C17H21ClNO2-. The first kappa shape index (κ1) is 17.5. The van der Waals surface area contributed by atoms with Crippen molar-refractivity contribution in [1.82, 2.24) is 5.32 Å². The Kier molecular flexibility index (Phi) is 7.83. The van der Waals surface area contributed by atoms with Gasteiger partial charge in [0.05, 0.1) is 6.61 Å². The summed E-state index contributed by atoms with van der Waals surface area (Å²) in [5, 5.41) is 11.9. The fraction of sp³-hybridized carbons (Fsp3) is 0.294. The van der Waals surface area contributed by atoms with Gasteiger partial charge in [-0.2, -0.15) is 0 Å². The number of halogens is 1. The highest BCUT2D eigenvalue weighted by Gasteiger charge is 1.98. The Morgan fingerprint density at radius 2 is 1.81 bits per heavy atom. The molecule has 0 amide bonds. The van der Waals surface area contributed by atoms with Crippen molar-refractivity contribution in [3.05, 3.63) is 65.2 Å². The van der Waals surface area contributed by atoms with Crippen molar-refractivity contribution in [1.29, 1.82) is 0 Å². The Hall–Kier alpha value is -1.55. The summed E-state index contributed by atoms with van der Waals surface area (Å²) in [5.41, 5.74) is 3.57. The van der Waals surface area contributed by atoms with E-state index in [4.69, 9.17) is 9.84 Å². The van der Waals surface area contributed by atoms with Crippen LogP contribution in [-0.2, 0) is 13.2 Å². The smallest absolute Gasteiger partial charge is 0.120 e. The van der Waals surface area contributed by atoms with E-state index in [9.17, 15) is 0 Å². The monoisotopic (exact) mass is 306 g/mol. The van der Waals surface area contributed by atoms with Crippen LogP contribution in [0.2, 0.25) is 0 Å². The van der Waals surface area contributed by atoms with E-state index in [0.717, 1.165) is 17.9 Å². The van der Waals surface area contributed by atoms with E-state index in [1.54, 1.807) is 0 Å². The number of aliphatic hydroxyl groups is 1. The average molecular weight is 307 g/mol. The number of aryl methyl sites for hydroxylation is 1. The molecule has 21 heavy (non-hydrogen) atoms. The Bertz CT molecular complexity index is 529. The fourth-order valence-corrected chi connectivity index (χ4v) is 1.91. The first-order chi connectivity index (χ1) is 9.78. The van der Waals surface area contributed by atoms with Crippen LogP contribution < -0.4 is 22.5 Å². The molecular weight excluding hydrogens is 286 g/mol. The maximum Gasteiger partial charge on any atom is 0.120 e. The minimum absolute atomic E-state index is 0. The Labute approximate surface area is 132 Å². The largest absolute Gasteiger partial charge is 1.00 e. The highest BCUT2D eigenvalue weighted by Crippen LogP contribution is 2.15. The molecule has 0 atom stereocenters. The van der Waals surface area contributed by atoms with Crippen molar-refractivity contribution in [3.63, 3.8) is 0 Å². The highest BCUT2D eigenvalue weighted by atomic mass is 35.5. The fourth-order valence-electron chi connectivity index (χ4n) is 1.91. The van der Waals surface area contributed by atoms with Crippen molar-refractivity contribution in [2.75, 3.05) is 13.2 Å². The molecule has 0 unspecified atom stereocenters. The Balaban J connectivity index is 0.00000220. The van der Waals surface area contributed by atoms with Crippen molar-refractivity contribution in [2.45, 2.75) is 20.1 Å². The van der Waals surface area contributed by atoms with Crippen LogP contribution in [0.15, 0.2) is 48.5 Å². The van der Waals surface area contributed by atoms with Gasteiger partial charge in [0, 0.05) is 13.1 Å². The normalized spacial score (nSPS) is 10.0. The molecule has 2 aromatic carbocycles. The van der Waals surface area contributed by atoms with Crippen molar-refractivity contribution < 1.29 is 22.3 Å². The summed E-state index contributed by atoms with van der Waals surface area (Å²) in [6.07, 6.45) is 0. The van der Waals surface area contributed by atoms with Gasteiger partial charge in [0.1, 0.15) is 12.4 Å². The molecule has 0 aliphatic rings. The molecule has 3 nitrogen and oxygen atoms in total. The summed E-state index contributed by atoms with van der Waals surface area (Å²) in [6.45, 7) is 4.15. The molecule has 0 heterocycles. The summed E-state index contributed by atoms with van der Waals surface area (Å²) in [4.78, 5) is 0. The zero-order valence-corrected chi connectivity index (χ0v) is 12.9. The van der Waals surface area contributed by atoms with Crippen molar-refractivity contribution in [2.24, 2.45) is 0 Å². The second-order valence-electron chi connectivity index (χ2n) is 4.82. The minimum atomic E-state index is 0. The predicted octanol–water partition coefficient (Wildman–Crippen LogP) is -0.340. The molecule has 2 aromatic rings. The summed E-state index contributed by atoms with van der Waals surface area (Å²) < 4.78 is 5.80. The highest BCUT2D eigenvalue weighted by molar-refractivity contribution is 5.29. The molecule has 0 aromatic heterocycles. The summed E-state index contributed by atoms with van der Waals surface area (Å²) in [6, 6.07) is 16.4. The Morgan fingerprint density at radius 1 is 1.05 bits per heavy atom. The molecule has 0 fully saturated rings. The summed E-state index contributed by atoms with van der Waals surface area (Å²) in [5.74, 6) is 0.869. The van der Waals surface area contributed by atoms with Gasteiger partial charge < -0.3 is 27.6 Å². The topological polar surface area (TPSA) is 41.5 Å². The van der Waals surface area contributed by atoms with Crippen molar-refractivity contribution >= 4 is 0 Å². The van der Waals surface area contributed by atoms with Gasteiger partial charge in [0.2, 0.25) is 0 Å². The van der Waals surface area contributed by atoms with Crippen LogP contribution in [0.25, 0.3) is 0 Å². The third-order valence-electron chi connectivity index (χ3n) is 3.04. The van der Waals surface area contributed by atoms with Crippen LogP contribution >= 0.6 is 0 Å². The van der Waals surface area contributed by atoms with Crippen LogP contribution in [0.1, 0.15) is 16.7 Å². The first-order valence-electron chi connectivity index (χ1n) is 6.87. The SMILES string of the molecule is Cc1ccc(COc2cccc(CNCCO)c2)cc1.[Cl-]. The van der Waals surface area contributed by atoms with Gasteiger partial charge in [-0.25, -0.2) is 0 Å². The molecule has 0 aliphatic carbocycles. The predicted molar refractivity (Wildman–Crippen MR) is 80.7 cm³/mol. The number of rotatable bonds is 7. The lowest BCUT2D eigenvalue weighted by Gasteiger charge is -2.09. The molecule has 0 bridgehead atoms. The van der Waals surface area contributed by atoms with Crippen LogP contribution in [-0.4, -0.2) is 18.3 Å². The van der Waals surface area contributed by atoms with E-state index in [1.807, 2.05) is 24.3 Å². The van der Waals surface area contributed by atoms with E-state index < -0.39 is 0 Å². The van der Waals surface area contributed by atoms with E-state index >= 15 is 0 Å². The third-order valence-corrected chi connectivity index (χ3v) is 3.04. The van der Waals surface area contributed by atoms with Crippen LogP contribution in [0, 0.1) is 6.92 Å². The molecule has 2 N–H and O–H groups in total. The molecule has 114 valence electrons. The molecule has 0 spiro atoms. The number of ether oxygens (including phenoxy) is 1. The van der Waals surface area contributed by atoms with E-state index in [2.05, 4.69) is 36.5 Å². The number of hydrogen-bond donors (Lipinski definition) is 2. The van der Waals surface area contributed by atoms with E-state index in [0.29, 0.717) is 13.2 Å². The number of hydrogen-bond acceptors (Lipinski definition) is 3. The van der Waals surface area contributed by atoms with Crippen LogP contribution in [0.5, 0.6) is 5.75 Å². The summed E-state index contributed by atoms with van der Waals surface area (Å²) in [7, 11) is 0. The lowest BCUT2D eigenvalue weighted by Crippen LogP contribution is -3.00. The maximum absolute atomic E-state index is 8.74. The maximum atomic E-state index is 8.74. The second-order valence-corrected chi connectivity index (χ2v) is 4.82. The number of benzene rings is 2. The molecule has 2 rings (SSSR count). The van der Waals surface area contributed by atoms with Gasteiger partial charge in [0.25, 0.3) is 0 Å². The molecule has 4 heteroatoms. The van der Waals surface area contributed by atoms with Crippen LogP contribution in [0.3, 0.4) is 0 Å². The zero-order chi connectivity index (χ0) is 14.2. The van der Waals surface area contributed by atoms with Gasteiger partial charge in [-0.05, 0) is 30.2 Å². The third kappa shape index (κ3) is 6.17. The molecule has 0 saturated carbocycles. The summed E-state index contributed by atoms with van der Waals surface area (Å²) >= 11 is 0. The lowest BCUT2D eigenvalue weighted by molar-refractivity contribution is -0.00000562. The van der Waals surface area contributed by atoms with Crippen molar-refractivity contribution in [3.8, 4) is 5.75 Å². The van der Waals surface area contributed by atoms with Gasteiger partial charge in [-0.1, -0.05) is 42.0 Å². The lowest BCUT2D eigenvalue weighted by atomic mass is 10.2. The average Bonchev–Trinajstić information content (AvgIpc) is 2.47. The number of nitrogens with one attached hydrogen (secondary N) is 1. The van der Waals surface area contributed by atoms with Gasteiger partial charge >= 0.3 is 0 Å². The van der Waals surface area contributed by atoms with Gasteiger partial charge in [-0.15, -0.1) is 0 Å². The molecule has 0 saturated heterocycles.